The summed E-state index contributed by atoms with van der Waals surface area (Å²) < 4.78 is 38.3. The van der Waals surface area contributed by atoms with E-state index in [4.69, 9.17) is 18.7 Å². The molecule has 11 heteroatoms. The van der Waals surface area contributed by atoms with Crippen molar-refractivity contribution in [2.45, 2.75) is 128 Å². The van der Waals surface area contributed by atoms with Gasteiger partial charge in [0.1, 0.15) is 25.4 Å². The van der Waals surface area contributed by atoms with Crippen LogP contribution in [0.3, 0.4) is 0 Å². The van der Waals surface area contributed by atoms with Crippen molar-refractivity contribution in [3.63, 3.8) is 0 Å². The number of phosphoric acid groups is 1. The topological polar surface area (TPSA) is 130 Å². The smallest absolute Gasteiger partial charge is 0.434 e. The number of benzene rings is 1. The van der Waals surface area contributed by atoms with E-state index in [1.165, 1.54) is 71.3 Å². The fourth-order valence-electron chi connectivity index (χ4n) is 5.55. The summed E-state index contributed by atoms with van der Waals surface area (Å²) in [5, 5.41) is 2.99. The summed E-state index contributed by atoms with van der Waals surface area (Å²) in [7, 11) is -1.87. The molecule has 1 fully saturated rings. The van der Waals surface area contributed by atoms with E-state index in [9.17, 15) is 19.0 Å². The van der Waals surface area contributed by atoms with Crippen molar-refractivity contribution >= 4 is 19.9 Å². The minimum atomic E-state index is -4.38. The Kier molecular flexibility index (Phi) is 18.8. The number of phosphoric ester groups is 1. The summed E-state index contributed by atoms with van der Waals surface area (Å²) in [6, 6.07) is 8.70. The van der Waals surface area contributed by atoms with Crippen LogP contribution in [-0.2, 0) is 39.2 Å². The number of hydrogen-bond acceptors (Lipinski definition) is 8. The number of carbonyl (C=O) groups excluding carboxylic acids is 2. The van der Waals surface area contributed by atoms with Gasteiger partial charge in [0, 0.05) is 26.6 Å². The first-order chi connectivity index (χ1) is 20.8. The Bertz CT molecular complexity index is 948. The molecule has 0 spiro atoms. The van der Waals surface area contributed by atoms with E-state index in [0.717, 1.165) is 31.9 Å². The second-order valence-electron chi connectivity index (χ2n) is 11.4. The molecule has 10 nitrogen and oxygen atoms in total. The van der Waals surface area contributed by atoms with Gasteiger partial charge in [0.25, 0.3) is 0 Å². The molecule has 1 amide bonds. The minimum Gasteiger partial charge on any atom is -0.434 e. The lowest BCUT2D eigenvalue weighted by Gasteiger charge is -2.27. The molecule has 1 saturated carbocycles. The highest BCUT2D eigenvalue weighted by Gasteiger charge is 2.48. The molecule has 2 N–H and O–H groups in total. The number of carbonyl (C=O) groups is 2. The van der Waals surface area contributed by atoms with Crippen LogP contribution >= 0.6 is 7.82 Å². The molecule has 0 aromatic heterocycles. The highest BCUT2D eigenvalue weighted by molar-refractivity contribution is 7.47. The first kappa shape index (κ1) is 37.2. The molecule has 5 atom stereocenters. The second kappa shape index (κ2) is 21.7. The molecule has 246 valence electrons. The predicted molar refractivity (Wildman–Crippen MR) is 165 cm³/mol. The Morgan fingerprint density at radius 1 is 0.860 bits per heavy atom. The monoisotopic (exact) mass is 627 g/mol. The Morgan fingerprint density at radius 3 is 2.00 bits per heavy atom. The molecule has 43 heavy (non-hydrogen) atoms. The van der Waals surface area contributed by atoms with Crippen LogP contribution in [0.1, 0.15) is 109 Å². The van der Waals surface area contributed by atoms with Gasteiger partial charge in [0.05, 0.1) is 6.04 Å². The summed E-state index contributed by atoms with van der Waals surface area (Å²) >= 11 is 0. The maximum Gasteiger partial charge on any atom is 0.508 e. The summed E-state index contributed by atoms with van der Waals surface area (Å²) in [6.07, 6.45) is 14.2. The number of hydrogen-bond donors (Lipinski definition) is 2. The van der Waals surface area contributed by atoms with Crippen LogP contribution in [0.2, 0.25) is 0 Å². The largest absolute Gasteiger partial charge is 0.508 e. The summed E-state index contributed by atoms with van der Waals surface area (Å²) in [5.41, 5.74) is 0.813. The second-order valence-corrected chi connectivity index (χ2v) is 12.9. The van der Waals surface area contributed by atoms with Crippen molar-refractivity contribution in [2.75, 3.05) is 20.8 Å². The van der Waals surface area contributed by atoms with E-state index in [1.807, 2.05) is 30.3 Å². The highest BCUT2D eigenvalue weighted by Crippen LogP contribution is 2.48. The number of methoxy groups -OCH3 is 1. The van der Waals surface area contributed by atoms with Crippen molar-refractivity contribution in [3.8, 4) is 0 Å². The number of ether oxygens (including phenoxy) is 3. The van der Waals surface area contributed by atoms with Gasteiger partial charge in [-0.2, -0.15) is 0 Å². The van der Waals surface area contributed by atoms with Crippen molar-refractivity contribution in [2.24, 2.45) is 5.92 Å². The van der Waals surface area contributed by atoms with Gasteiger partial charge in [-0.25, -0.2) is 9.36 Å². The average molecular weight is 628 g/mol. The lowest BCUT2D eigenvalue weighted by atomic mass is 10.0. The molecular weight excluding hydrogens is 573 g/mol. The number of unbranched alkanes of at least 4 members (excludes halogenated alkanes) is 12. The van der Waals surface area contributed by atoms with Gasteiger partial charge in [-0.3, -0.25) is 13.8 Å². The Morgan fingerprint density at radius 2 is 1.44 bits per heavy atom. The number of rotatable bonds is 23. The third kappa shape index (κ3) is 15.5. The van der Waals surface area contributed by atoms with Crippen LogP contribution in [0.5, 0.6) is 0 Å². The SMILES string of the molecule is CCCCCCCCCCCCCCCC(=O)N[C@H]1C[C@H](COC(=O)OCc2ccccc2)[C@H](OP(=O)(O)OC)C1OC. The predicted octanol–water partition coefficient (Wildman–Crippen LogP) is 7.47. The average Bonchev–Trinajstić information content (AvgIpc) is 3.32. The van der Waals surface area contributed by atoms with E-state index in [1.54, 1.807) is 0 Å². The Hall–Kier alpha value is -1.97. The van der Waals surface area contributed by atoms with Crippen LogP contribution in [0.25, 0.3) is 0 Å². The van der Waals surface area contributed by atoms with Crippen molar-refractivity contribution in [1.29, 1.82) is 0 Å². The zero-order chi connectivity index (χ0) is 31.3. The zero-order valence-corrected chi connectivity index (χ0v) is 27.3. The summed E-state index contributed by atoms with van der Waals surface area (Å²) in [5.74, 6) is -0.650. The molecule has 2 rings (SSSR count). The van der Waals surface area contributed by atoms with E-state index in [2.05, 4.69) is 16.8 Å². The molecule has 1 aromatic rings. The highest BCUT2D eigenvalue weighted by atomic mass is 31.2. The van der Waals surface area contributed by atoms with Gasteiger partial charge in [-0.15, -0.1) is 0 Å². The molecule has 0 aliphatic heterocycles. The zero-order valence-electron chi connectivity index (χ0n) is 26.4. The molecular formula is C32H54NO9P. The van der Waals surface area contributed by atoms with Crippen molar-refractivity contribution in [3.05, 3.63) is 35.9 Å². The van der Waals surface area contributed by atoms with Crippen LogP contribution in [0.4, 0.5) is 4.79 Å². The normalized spacial score (nSPS) is 21.3. The van der Waals surface area contributed by atoms with E-state index in [0.29, 0.717) is 12.8 Å². The fourth-order valence-corrected chi connectivity index (χ4v) is 6.24. The van der Waals surface area contributed by atoms with Crippen LogP contribution in [0, 0.1) is 5.92 Å². The number of nitrogens with one attached hydrogen (secondary N) is 1. The minimum absolute atomic E-state index is 0.0539. The molecule has 0 bridgehead atoms. The molecule has 0 heterocycles. The van der Waals surface area contributed by atoms with Gasteiger partial charge in [0.2, 0.25) is 5.91 Å². The lowest BCUT2D eigenvalue weighted by Crippen LogP contribution is -2.44. The first-order valence-corrected chi connectivity index (χ1v) is 17.5. The van der Waals surface area contributed by atoms with Crippen LogP contribution < -0.4 is 5.32 Å². The van der Waals surface area contributed by atoms with Gasteiger partial charge in [-0.1, -0.05) is 114 Å². The van der Waals surface area contributed by atoms with E-state index in [-0.39, 0.29) is 19.1 Å². The summed E-state index contributed by atoms with van der Waals surface area (Å²) in [4.78, 5) is 35.0. The Labute approximate surface area is 258 Å². The Balaban J connectivity index is 1.73. The molecule has 0 saturated heterocycles. The fraction of sp³-hybridized carbons (Fsp3) is 0.750. The van der Waals surface area contributed by atoms with Gasteiger partial charge in [0.15, 0.2) is 0 Å². The first-order valence-electron chi connectivity index (χ1n) is 16.0. The quantitative estimate of drug-likeness (QED) is 0.0721. The maximum atomic E-state index is 12.8. The van der Waals surface area contributed by atoms with Crippen LogP contribution in [0.15, 0.2) is 30.3 Å². The third-order valence-electron chi connectivity index (χ3n) is 7.97. The molecule has 1 aromatic carbocycles. The molecule has 1 aliphatic carbocycles. The van der Waals surface area contributed by atoms with Crippen molar-refractivity contribution in [1.82, 2.24) is 5.32 Å². The van der Waals surface area contributed by atoms with Gasteiger partial charge >= 0.3 is 14.0 Å². The van der Waals surface area contributed by atoms with Crippen molar-refractivity contribution < 1.29 is 42.3 Å². The van der Waals surface area contributed by atoms with Gasteiger partial charge < -0.3 is 24.4 Å². The molecule has 1 aliphatic rings. The van der Waals surface area contributed by atoms with Gasteiger partial charge in [-0.05, 0) is 18.4 Å². The van der Waals surface area contributed by atoms with E-state index >= 15 is 0 Å². The molecule has 0 radical (unpaired) electrons. The third-order valence-corrected chi connectivity index (χ3v) is 8.94. The summed E-state index contributed by atoms with van der Waals surface area (Å²) in [6.45, 7) is 2.15. The number of amides is 1. The maximum absolute atomic E-state index is 12.8. The van der Waals surface area contributed by atoms with Crippen LogP contribution in [-0.4, -0.2) is 56.0 Å². The lowest BCUT2D eigenvalue weighted by molar-refractivity contribution is -0.123. The van der Waals surface area contributed by atoms with E-state index < -0.39 is 38.1 Å². The molecule has 2 unspecified atom stereocenters. The standard InChI is InChI=1S/C32H54NO9P/c1-4-5-6-7-8-9-10-11-12-13-14-15-19-22-29(34)33-28-23-27(30(31(28)38-2)42-43(36,37)39-3)25-41-32(35)40-24-26-20-17-16-18-21-26/h16-18,20-21,27-28,30-31H,4-15,19,22-25H2,1-3H3,(H,33,34)(H,36,37)/t27-,28+,30+,31?/m1/s1.